The zero-order valence-corrected chi connectivity index (χ0v) is 10.4. The lowest BCUT2D eigenvalue weighted by Crippen LogP contribution is -1.97. The topological polar surface area (TPSA) is 38.9 Å². The highest BCUT2D eigenvalue weighted by Gasteiger charge is 2.07. The van der Waals surface area contributed by atoms with Crippen molar-refractivity contribution in [3.8, 4) is 0 Å². The van der Waals surface area contributed by atoms with Crippen LogP contribution in [0.2, 0.25) is 5.02 Å². The van der Waals surface area contributed by atoms with E-state index >= 15 is 0 Å². The van der Waals surface area contributed by atoms with E-state index in [1.54, 1.807) is 0 Å². The van der Waals surface area contributed by atoms with Gasteiger partial charge in [-0.25, -0.2) is 0 Å². The van der Waals surface area contributed by atoms with Crippen molar-refractivity contribution in [2.24, 2.45) is 0 Å². The van der Waals surface area contributed by atoms with E-state index in [4.69, 9.17) is 17.3 Å². The van der Waals surface area contributed by atoms with Crippen LogP contribution < -0.4 is 5.73 Å². The van der Waals surface area contributed by atoms with Crippen LogP contribution in [0.15, 0.2) is 18.2 Å². The van der Waals surface area contributed by atoms with E-state index in [0.29, 0.717) is 5.02 Å². The Morgan fingerprint density at radius 1 is 1.43 bits per heavy atom. The highest BCUT2D eigenvalue weighted by molar-refractivity contribution is 14.1. The third-order valence-electron chi connectivity index (χ3n) is 2.09. The van der Waals surface area contributed by atoms with Gasteiger partial charge >= 0.3 is 0 Å². The minimum Gasteiger partial charge on any atom is -0.397 e. The van der Waals surface area contributed by atoms with Gasteiger partial charge in [-0.05, 0) is 47.7 Å². The van der Waals surface area contributed by atoms with Crippen molar-refractivity contribution < 1.29 is 0 Å². The molecule has 4 heteroatoms. The average Bonchev–Trinajstić information content (AvgIpc) is 2.14. The van der Waals surface area contributed by atoms with Crippen molar-refractivity contribution in [2.75, 3.05) is 5.73 Å². The summed E-state index contributed by atoms with van der Waals surface area (Å²) in [5.74, 6) is 0. The number of pyridine rings is 1. The Hall–Kier alpha value is -0.550. The van der Waals surface area contributed by atoms with Gasteiger partial charge in [-0.2, -0.15) is 0 Å². The van der Waals surface area contributed by atoms with Gasteiger partial charge in [0.2, 0.25) is 0 Å². The van der Waals surface area contributed by atoms with Gasteiger partial charge in [-0.1, -0.05) is 11.6 Å². The summed E-state index contributed by atoms with van der Waals surface area (Å²) in [6.07, 6.45) is 0. The predicted octanol–water partition coefficient (Wildman–Crippen LogP) is 3.38. The van der Waals surface area contributed by atoms with Crippen molar-refractivity contribution in [2.45, 2.75) is 6.92 Å². The van der Waals surface area contributed by atoms with Crippen LogP contribution in [0.1, 0.15) is 5.69 Å². The Morgan fingerprint density at radius 3 is 2.86 bits per heavy atom. The van der Waals surface area contributed by atoms with Gasteiger partial charge in [0.05, 0.1) is 20.5 Å². The van der Waals surface area contributed by atoms with Crippen molar-refractivity contribution in [3.05, 3.63) is 32.5 Å². The van der Waals surface area contributed by atoms with Gasteiger partial charge in [0.1, 0.15) is 0 Å². The van der Waals surface area contributed by atoms with Crippen LogP contribution in [0, 0.1) is 10.5 Å². The van der Waals surface area contributed by atoms with Gasteiger partial charge in [-0.3, -0.25) is 4.98 Å². The van der Waals surface area contributed by atoms with Crippen LogP contribution in [-0.2, 0) is 0 Å². The van der Waals surface area contributed by atoms with Crippen LogP contribution in [0.25, 0.3) is 10.9 Å². The quantitative estimate of drug-likeness (QED) is 0.756. The first-order valence-corrected chi connectivity index (χ1v) is 5.56. The normalized spacial score (nSPS) is 10.8. The molecule has 0 aliphatic heterocycles. The maximum absolute atomic E-state index is 5.98. The fraction of sp³-hybridized carbons (Fsp3) is 0.100. The summed E-state index contributed by atoms with van der Waals surface area (Å²) < 4.78 is 1.01. The molecule has 2 aromatic rings. The summed E-state index contributed by atoms with van der Waals surface area (Å²) in [5, 5.41) is 1.65. The highest BCUT2D eigenvalue weighted by atomic mass is 127. The van der Waals surface area contributed by atoms with Crippen LogP contribution in [0.3, 0.4) is 0 Å². The molecule has 14 heavy (non-hydrogen) atoms. The summed E-state index contributed by atoms with van der Waals surface area (Å²) in [6, 6.07) is 5.56. The third kappa shape index (κ3) is 1.54. The number of aryl methyl sites for hydroxylation is 1. The number of hydrogen-bond acceptors (Lipinski definition) is 2. The number of benzene rings is 1. The lowest BCUT2D eigenvalue weighted by atomic mass is 10.1. The number of hydrogen-bond donors (Lipinski definition) is 1. The minimum atomic E-state index is 0.685. The number of nitrogens with two attached hydrogens (primary N) is 1. The summed E-state index contributed by atoms with van der Waals surface area (Å²) in [4.78, 5) is 4.42. The van der Waals surface area contributed by atoms with Crippen LogP contribution in [-0.4, -0.2) is 4.98 Å². The Kier molecular flexibility index (Phi) is 2.53. The Morgan fingerprint density at radius 2 is 2.14 bits per heavy atom. The second kappa shape index (κ2) is 3.55. The fourth-order valence-corrected chi connectivity index (χ4v) is 1.95. The lowest BCUT2D eigenvalue weighted by molar-refractivity contribution is 1.23. The molecule has 0 atom stereocenters. The van der Waals surface area contributed by atoms with Crippen LogP contribution in [0.4, 0.5) is 5.69 Å². The molecule has 0 aliphatic carbocycles. The van der Waals surface area contributed by atoms with E-state index in [9.17, 15) is 0 Å². The van der Waals surface area contributed by atoms with E-state index < -0.39 is 0 Å². The van der Waals surface area contributed by atoms with Gasteiger partial charge < -0.3 is 5.73 Å². The van der Waals surface area contributed by atoms with Crippen molar-refractivity contribution >= 4 is 50.8 Å². The van der Waals surface area contributed by atoms with E-state index in [0.717, 1.165) is 25.9 Å². The molecular weight excluding hydrogens is 310 g/mol. The lowest BCUT2D eigenvalue weighted by Gasteiger charge is -2.06. The monoisotopic (exact) mass is 318 g/mol. The second-order valence-corrected chi connectivity index (χ2v) is 4.60. The molecule has 72 valence electrons. The van der Waals surface area contributed by atoms with E-state index in [-0.39, 0.29) is 0 Å². The summed E-state index contributed by atoms with van der Waals surface area (Å²) in [7, 11) is 0. The smallest absolute Gasteiger partial charge is 0.0741 e. The molecule has 0 saturated heterocycles. The molecule has 0 bridgehead atoms. The largest absolute Gasteiger partial charge is 0.397 e. The highest BCUT2D eigenvalue weighted by Crippen LogP contribution is 2.28. The van der Waals surface area contributed by atoms with Crippen molar-refractivity contribution in [1.29, 1.82) is 0 Å². The Labute approximate surface area is 101 Å². The number of halogens is 2. The number of rotatable bonds is 0. The van der Waals surface area contributed by atoms with E-state index in [2.05, 4.69) is 27.6 Å². The van der Waals surface area contributed by atoms with Crippen LogP contribution >= 0.6 is 34.2 Å². The number of aromatic nitrogens is 1. The summed E-state index contributed by atoms with van der Waals surface area (Å²) >= 11 is 8.09. The van der Waals surface area contributed by atoms with Crippen LogP contribution in [0.5, 0.6) is 0 Å². The maximum Gasteiger partial charge on any atom is 0.0741 e. The molecule has 0 fully saturated rings. The second-order valence-electron chi connectivity index (χ2n) is 3.09. The van der Waals surface area contributed by atoms with Gasteiger partial charge in [0.25, 0.3) is 0 Å². The predicted molar refractivity (Wildman–Crippen MR) is 68.6 cm³/mol. The van der Waals surface area contributed by atoms with Gasteiger partial charge in [0, 0.05) is 10.4 Å². The van der Waals surface area contributed by atoms with Crippen molar-refractivity contribution in [1.82, 2.24) is 4.98 Å². The number of fused-ring (bicyclic) bond motifs is 1. The molecule has 1 aromatic carbocycles. The van der Waals surface area contributed by atoms with E-state index in [1.165, 1.54) is 0 Å². The Balaban J connectivity index is 2.91. The molecular formula is C10H8ClIN2. The molecule has 2 rings (SSSR count). The number of nitrogens with zero attached hydrogens (tertiary/aromatic N) is 1. The minimum absolute atomic E-state index is 0.685. The Bertz CT molecular complexity index is 511. The summed E-state index contributed by atoms with van der Waals surface area (Å²) in [5.41, 5.74) is 8.56. The van der Waals surface area contributed by atoms with Crippen molar-refractivity contribution in [3.63, 3.8) is 0 Å². The maximum atomic E-state index is 5.98. The van der Waals surface area contributed by atoms with Gasteiger partial charge in [0.15, 0.2) is 0 Å². The fourth-order valence-electron chi connectivity index (χ4n) is 1.37. The van der Waals surface area contributed by atoms with Gasteiger partial charge in [-0.15, -0.1) is 0 Å². The summed E-state index contributed by atoms with van der Waals surface area (Å²) in [6.45, 7) is 1.94. The SMILES string of the molecule is Cc1nc2cc(Cl)ccc2c(N)c1I. The molecule has 0 amide bonds. The first-order valence-electron chi connectivity index (χ1n) is 4.10. The zero-order chi connectivity index (χ0) is 10.3. The zero-order valence-electron chi connectivity index (χ0n) is 7.51. The molecule has 1 heterocycles. The molecule has 2 N–H and O–H groups in total. The number of anilines is 1. The molecule has 1 aromatic heterocycles. The average molecular weight is 319 g/mol. The van der Waals surface area contributed by atoms with E-state index in [1.807, 2.05) is 25.1 Å². The molecule has 2 nitrogen and oxygen atoms in total. The molecule has 0 radical (unpaired) electrons. The first kappa shape index (κ1) is 9.98. The molecule has 0 aliphatic rings. The third-order valence-corrected chi connectivity index (χ3v) is 3.69. The standard InChI is InChI=1S/C10H8ClIN2/c1-5-9(12)10(13)7-3-2-6(11)4-8(7)14-5/h2-4H,1H3,(H2,13,14). The molecule has 0 saturated carbocycles. The molecule has 0 spiro atoms. The number of nitrogen functional groups attached to an aromatic ring is 1. The molecule has 0 unspecified atom stereocenters. The first-order chi connectivity index (χ1) is 6.59.